The summed E-state index contributed by atoms with van der Waals surface area (Å²) >= 11 is 0. The minimum absolute atomic E-state index is 0.0420. The molecule has 0 aromatic heterocycles. The molecule has 0 aliphatic rings. The molecule has 0 spiro atoms. The molecule has 0 atom stereocenters. The van der Waals surface area contributed by atoms with Crippen molar-refractivity contribution in [3.8, 4) is 35.2 Å². The van der Waals surface area contributed by atoms with E-state index >= 15 is 0 Å². The molecule has 0 saturated heterocycles. The maximum atomic E-state index is 13.0. The van der Waals surface area contributed by atoms with Crippen molar-refractivity contribution in [1.29, 1.82) is 0 Å². The third-order valence-electron chi connectivity index (χ3n) is 12.2. The van der Waals surface area contributed by atoms with E-state index in [0.717, 1.165) is 75.6 Å². The maximum absolute atomic E-state index is 13.0. The highest BCUT2D eigenvalue weighted by Crippen LogP contribution is 2.30. The molecule has 0 fully saturated rings. The summed E-state index contributed by atoms with van der Waals surface area (Å²) in [5.74, 6) is 14.7. The number of benzene rings is 1. The molecule has 0 heterocycles. The van der Waals surface area contributed by atoms with Crippen molar-refractivity contribution >= 4 is 11.4 Å². The van der Waals surface area contributed by atoms with Crippen LogP contribution in [0.15, 0.2) is 70.3 Å². The second-order valence-corrected chi connectivity index (χ2v) is 18.2. The van der Waals surface area contributed by atoms with Crippen LogP contribution in [0.5, 0.6) is 11.5 Å². The highest BCUT2D eigenvalue weighted by Gasteiger charge is 2.12. The third kappa shape index (κ3) is 25.3. The Morgan fingerprint density at radius 2 is 0.682 bits per heavy atom. The van der Waals surface area contributed by atoms with Crippen LogP contribution >= 0.6 is 0 Å². The molecule has 362 valence electrons. The molecule has 3 aromatic rings. The number of hydrogen-bond acceptors (Lipinski definition) is 6. The van der Waals surface area contributed by atoms with Crippen LogP contribution in [0.1, 0.15) is 230 Å². The standard InChI is InChI=1S/C60H88N2O4/c1-5-9-13-17-19-21-23-25-27-29-45-61-55-41-35-51(37-43-57(55)63)33-39-53-49-54(60(66-48-32-16-12-8-4)50-59(53)65-47-31-15-11-7-3)40-34-52-36-42-56(58(64)44-38-52)62-46-30-28-26-24-22-20-18-14-10-6-2/h35-38,41-44,49-50H,5-32,45-48H2,1-4H3,(H,61,63)(H,62,64). The maximum Gasteiger partial charge on any atom is 0.201 e. The van der Waals surface area contributed by atoms with E-state index in [1.165, 1.54) is 128 Å². The van der Waals surface area contributed by atoms with Gasteiger partial charge in [0.05, 0.1) is 35.7 Å². The van der Waals surface area contributed by atoms with E-state index < -0.39 is 0 Å². The van der Waals surface area contributed by atoms with Crippen LogP contribution in [-0.4, -0.2) is 26.3 Å². The van der Waals surface area contributed by atoms with Gasteiger partial charge in [-0.25, -0.2) is 0 Å². The van der Waals surface area contributed by atoms with E-state index in [4.69, 9.17) is 9.47 Å². The summed E-state index contributed by atoms with van der Waals surface area (Å²) in [6.07, 6.45) is 34.4. The molecule has 0 aliphatic carbocycles. The average Bonchev–Trinajstić information content (AvgIpc) is 3.62. The first-order chi connectivity index (χ1) is 32.5. The molecule has 2 N–H and O–H groups in total. The highest BCUT2D eigenvalue weighted by atomic mass is 16.5. The van der Waals surface area contributed by atoms with Gasteiger partial charge in [0.1, 0.15) is 11.5 Å². The van der Waals surface area contributed by atoms with Gasteiger partial charge in [-0.15, -0.1) is 0 Å². The fourth-order valence-electron chi connectivity index (χ4n) is 7.96. The summed E-state index contributed by atoms with van der Waals surface area (Å²) in [6.45, 7) is 11.7. The molecule has 0 unspecified atom stereocenters. The van der Waals surface area contributed by atoms with E-state index in [2.05, 4.69) is 62.0 Å². The van der Waals surface area contributed by atoms with Crippen molar-refractivity contribution in [3.63, 3.8) is 0 Å². The van der Waals surface area contributed by atoms with Crippen LogP contribution in [0, 0.1) is 23.7 Å². The van der Waals surface area contributed by atoms with Gasteiger partial charge in [-0.05, 0) is 80.3 Å². The van der Waals surface area contributed by atoms with Crippen molar-refractivity contribution in [1.82, 2.24) is 0 Å². The Morgan fingerprint density at radius 3 is 1.05 bits per heavy atom. The van der Waals surface area contributed by atoms with E-state index in [0.29, 0.717) is 47.2 Å². The predicted molar refractivity (Wildman–Crippen MR) is 284 cm³/mol. The molecule has 6 nitrogen and oxygen atoms in total. The first-order valence-corrected chi connectivity index (χ1v) is 26.7. The smallest absolute Gasteiger partial charge is 0.201 e. The van der Waals surface area contributed by atoms with Crippen LogP contribution < -0.4 is 31.0 Å². The number of hydrogen-bond donors (Lipinski definition) is 2. The largest absolute Gasteiger partial charge is 0.492 e. The first kappa shape index (κ1) is 55.6. The van der Waals surface area contributed by atoms with Crippen LogP contribution in [0.25, 0.3) is 0 Å². The van der Waals surface area contributed by atoms with Crippen LogP contribution in [-0.2, 0) is 0 Å². The molecular weight excluding hydrogens is 813 g/mol. The van der Waals surface area contributed by atoms with Crippen LogP contribution in [0.4, 0.5) is 11.4 Å². The van der Waals surface area contributed by atoms with Crippen molar-refractivity contribution in [2.45, 2.75) is 207 Å². The Balaban J connectivity index is 1.78. The van der Waals surface area contributed by atoms with Gasteiger partial charge in [-0.1, -0.05) is 205 Å². The molecule has 66 heavy (non-hydrogen) atoms. The highest BCUT2D eigenvalue weighted by molar-refractivity contribution is 5.61. The SMILES string of the molecule is CCCCCCCCCCCCNc1ccc(C#Cc2cc(C#Cc3ccc(NCCCCCCCCCCCC)c(=O)cc3)c(OCCCCCC)cc2OCCCCCC)ccc1=O. The lowest BCUT2D eigenvalue weighted by Gasteiger charge is -2.14. The van der Waals surface area contributed by atoms with Crippen molar-refractivity contribution in [3.05, 3.63) is 103 Å². The molecule has 0 aliphatic heterocycles. The number of rotatable bonds is 36. The molecule has 3 rings (SSSR count). The third-order valence-corrected chi connectivity index (χ3v) is 12.2. The number of unbranched alkanes of at least 4 members (excludes halogenated alkanes) is 24. The van der Waals surface area contributed by atoms with E-state index in [1.807, 2.05) is 36.4 Å². The molecule has 0 bridgehead atoms. The van der Waals surface area contributed by atoms with E-state index in [1.54, 1.807) is 24.3 Å². The Hall–Kier alpha value is -4.68. The van der Waals surface area contributed by atoms with Gasteiger partial charge >= 0.3 is 0 Å². The predicted octanol–water partition coefficient (Wildman–Crippen LogP) is 15.8. The lowest BCUT2D eigenvalue weighted by atomic mass is 10.1. The van der Waals surface area contributed by atoms with Gasteiger partial charge in [0.15, 0.2) is 0 Å². The fourth-order valence-corrected chi connectivity index (χ4v) is 7.96. The number of anilines is 2. The average molecular weight is 901 g/mol. The monoisotopic (exact) mass is 901 g/mol. The molecule has 6 heteroatoms. The zero-order chi connectivity index (χ0) is 47.1. The van der Waals surface area contributed by atoms with Crippen LogP contribution in [0.2, 0.25) is 0 Å². The molecule has 0 saturated carbocycles. The Morgan fingerprint density at radius 1 is 0.364 bits per heavy atom. The van der Waals surface area contributed by atoms with Crippen molar-refractivity contribution in [2.75, 3.05) is 36.9 Å². The van der Waals surface area contributed by atoms with Crippen molar-refractivity contribution < 1.29 is 9.47 Å². The van der Waals surface area contributed by atoms with Gasteiger partial charge in [-0.3, -0.25) is 9.59 Å². The summed E-state index contributed by atoms with van der Waals surface area (Å²) in [7, 11) is 0. The van der Waals surface area contributed by atoms with Crippen molar-refractivity contribution in [2.24, 2.45) is 0 Å². The first-order valence-electron chi connectivity index (χ1n) is 26.7. The lowest BCUT2D eigenvalue weighted by Crippen LogP contribution is -2.09. The second kappa shape index (κ2) is 37.4. The number of ether oxygens (including phenoxy) is 2. The van der Waals surface area contributed by atoms with Crippen LogP contribution in [0.3, 0.4) is 0 Å². The Kier molecular flexibility index (Phi) is 31.5. The summed E-state index contributed by atoms with van der Waals surface area (Å²) in [4.78, 5) is 26.1. The van der Waals surface area contributed by atoms with Gasteiger partial charge in [-0.2, -0.15) is 0 Å². The topological polar surface area (TPSA) is 76.7 Å². The second-order valence-electron chi connectivity index (χ2n) is 18.2. The van der Waals surface area contributed by atoms with E-state index in [-0.39, 0.29) is 10.9 Å². The summed E-state index contributed by atoms with van der Waals surface area (Å²) < 4.78 is 12.8. The quantitative estimate of drug-likeness (QED) is 0.0447. The van der Waals surface area contributed by atoms with Gasteiger partial charge < -0.3 is 20.1 Å². The molecule has 0 amide bonds. The lowest BCUT2D eigenvalue weighted by molar-refractivity contribution is 0.289. The minimum Gasteiger partial charge on any atom is -0.492 e. The summed E-state index contributed by atoms with van der Waals surface area (Å²) in [5, 5.41) is 6.75. The molecule has 0 radical (unpaired) electrons. The fraction of sp³-hybridized carbons (Fsp3) is 0.600. The molecular formula is C60H88N2O4. The van der Waals surface area contributed by atoms with Gasteiger partial charge in [0.2, 0.25) is 10.9 Å². The minimum atomic E-state index is -0.0420. The zero-order valence-corrected chi connectivity index (χ0v) is 42.0. The Bertz CT molecular complexity index is 1860. The van der Waals surface area contributed by atoms with Gasteiger partial charge in [0, 0.05) is 30.3 Å². The number of nitrogens with one attached hydrogen (secondary N) is 2. The Labute approximate surface area is 402 Å². The van der Waals surface area contributed by atoms with E-state index in [9.17, 15) is 9.59 Å². The normalized spacial score (nSPS) is 10.7. The zero-order valence-electron chi connectivity index (χ0n) is 42.0. The van der Waals surface area contributed by atoms with Gasteiger partial charge in [0.25, 0.3) is 0 Å². The summed E-state index contributed by atoms with van der Waals surface area (Å²) in [5.41, 5.74) is 4.01. The summed E-state index contributed by atoms with van der Waals surface area (Å²) in [6, 6.07) is 18.2. The molecule has 3 aromatic carbocycles.